The van der Waals surface area contributed by atoms with Crippen LogP contribution in [0.1, 0.15) is 30.9 Å². The maximum absolute atomic E-state index is 12.9. The summed E-state index contributed by atoms with van der Waals surface area (Å²) in [7, 11) is 2.21. The third-order valence-corrected chi connectivity index (χ3v) is 4.85. The Morgan fingerprint density at radius 3 is 2.31 bits per heavy atom. The van der Waals surface area contributed by atoms with E-state index in [2.05, 4.69) is 19.4 Å². The quantitative estimate of drug-likeness (QED) is 0.344. The average molecular weight is 414 g/mol. The highest BCUT2D eigenvalue weighted by atomic mass is 31.0. The van der Waals surface area contributed by atoms with Crippen molar-refractivity contribution >= 4 is 32.4 Å². The number of rotatable bonds is 8. The molecule has 0 saturated carbocycles. The summed E-state index contributed by atoms with van der Waals surface area (Å²) in [6.07, 6.45) is 3.36. The standard InChI is InChI=1S/C21H23N2O5P/c1-3-26-20(24)18(21(25)27-4-2)16(13-8-6-5-7-9-13)14-12-23-19-17(14)15(28-29)10-11-22-19/h5-12,16,18H,3-4,29H2,1-2H3,(H,22,23). The number of fused-ring (bicyclic) bond motifs is 1. The van der Waals surface area contributed by atoms with Crippen molar-refractivity contribution in [1.82, 2.24) is 9.97 Å². The third kappa shape index (κ3) is 4.25. The topological polar surface area (TPSA) is 90.5 Å². The van der Waals surface area contributed by atoms with Gasteiger partial charge in [0.1, 0.15) is 11.4 Å². The first kappa shape index (κ1) is 20.8. The van der Waals surface area contributed by atoms with E-state index in [1.54, 1.807) is 32.3 Å². The second-order valence-electron chi connectivity index (χ2n) is 6.26. The lowest BCUT2D eigenvalue weighted by molar-refractivity contribution is -0.162. The summed E-state index contributed by atoms with van der Waals surface area (Å²) in [6.45, 7) is 3.72. The number of H-pyrrole nitrogens is 1. The predicted octanol–water partition coefficient (Wildman–Crippen LogP) is 3.61. The third-order valence-electron chi connectivity index (χ3n) is 4.60. The van der Waals surface area contributed by atoms with Gasteiger partial charge in [-0.3, -0.25) is 9.59 Å². The Hall–Kier alpha value is -2.92. The van der Waals surface area contributed by atoms with E-state index >= 15 is 0 Å². The van der Waals surface area contributed by atoms with Crippen molar-refractivity contribution in [3.63, 3.8) is 0 Å². The smallest absolute Gasteiger partial charge is 0.321 e. The molecule has 1 N–H and O–H groups in total. The van der Waals surface area contributed by atoms with Crippen LogP contribution in [-0.4, -0.2) is 35.1 Å². The highest BCUT2D eigenvalue weighted by Crippen LogP contribution is 2.40. The maximum atomic E-state index is 12.9. The van der Waals surface area contributed by atoms with Gasteiger partial charge in [0.15, 0.2) is 5.92 Å². The van der Waals surface area contributed by atoms with Gasteiger partial charge in [-0.05, 0) is 31.0 Å². The van der Waals surface area contributed by atoms with Gasteiger partial charge in [-0.2, -0.15) is 0 Å². The molecule has 2 atom stereocenters. The number of esters is 2. The lowest BCUT2D eigenvalue weighted by atomic mass is 9.80. The molecular formula is C21H23N2O5P. The highest BCUT2D eigenvalue weighted by Gasteiger charge is 2.41. The Morgan fingerprint density at radius 2 is 1.72 bits per heavy atom. The normalized spacial score (nSPS) is 12.0. The first-order valence-corrected chi connectivity index (χ1v) is 9.80. The number of hydrogen-bond acceptors (Lipinski definition) is 6. The van der Waals surface area contributed by atoms with E-state index in [1.165, 1.54) is 0 Å². The Balaban J connectivity index is 2.25. The van der Waals surface area contributed by atoms with Crippen molar-refractivity contribution in [1.29, 1.82) is 0 Å². The summed E-state index contributed by atoms with van der Waals surface area (Å²) in [6, 6.07) is 11.0. The summed E-state index contributed by atoms with van der Waals surface area (Å²) >= 11 is 0. The molecule has 8 heteroatoms. The monoisotopic (exact) mass is 414 g/mol. The minimum atomic E-state index is -1.17. The Kier molecular flexibility index (Phi) is 6.83. The van der Waals surface area contributed by atoms with Crippen LogP contribution in [-0.2, 0) is 19.1 Å². The molecule has 3 aromatic rings. The molecular weight excluding hydrogens is 391 g/mol. The van der Waals surface area contributed by atoms with Crippen molar-refractivity contribution in [2.45, 2.75) is 19.8 Å². The number of hydrogen-bond donors (Lipinski definition) is 1. The maximum Gasteiger partial charge on any atom is 0.321 e. The molecule has 0 fully saturated rings. The molecule has 0 amide bonds. The highest BCUT2D eigenvalue weighted by molar-refractivity contribution is 7.10. The molecule has 0 aliphatic carbocycles. The van der Waals surface area contributed by atoms with E-state index in [9.17, 15) is 9.59 Å². The van der Waals surface area contributed by atoms with E-state index in [0.717, 1.165) is 5.56 Å². The molecule has 0 radical (unpaired) electrons. The number of benzene rings is 1. The molecule has 2 heterocycles. The van der Waals surface area contributed by atoms with E-state index in [1.807, 2.05) is 30.3 Å². The number of carbonyl (C=O) groups excluding carboxylic acids is 2. The van der Waals surface area contributed by atoms with Crippen molar-refractivity contribution in [2.75, 3.05) is 13.2 Å². The van der Waals surface area contributed by atoms with Crippen LogP contribution in [0, 0.1) is 5.92 Å². The van der Waals surface area contributed by atoms with Crippen LogP contribution >= 0.6 is 9.47 Å². The van der Waals surface area contributed by atoms with E-state index in [0.29, 0.717) is 22.3 Å². The fraction of sp³-hybridized carbons (Fsp3) is 0.286. The number of carbonyl (C=O) groups is 2. The van der Waals surface area contributed by atoms with Gasteiger partial charge < -0.3 is 19.0 Å². The van der Waals surface area contributed by atoms with Gasteiger partial charge in [0.25, 0.3) is 0 Å². The largest absolute Gasteiger partial charge is 0.480 e. The molecule has 29 heavy (non-hydrogen) atoms. The molecule has 0 aliphatic rings. The predicted molar refractivity (Wildman–Crippen MR) is 111 cm³/mol. The Morgan fingerprint density at radius 1 is 1.07 bits per heavy atom. The van der Waals surface area contributed by atoms with E-state index in [-0.39, 0.29) is 13.2 Å². The van der Waals surface area contributed by atoms with Crippen LogP contribution in [0.2, 0.25) is 0 Å². The molecule has 3 rings (SSSR count). The van der Waals surface area contributed by atoms with Crippen LogP contribution in [0.15, 0.2) is 48.8 Å². The lowest BCUT2D eigenvalue weighted by Crippen LogP contribution is -2.34. The number of pyridine rings is 1. The van der Waals surface area contributed by atoms with Gasteiger partial charge in [-0.25, -0.2) is 4.98 Å². The lowest BCUT2D eigenvalue weighted by Gasteiger charge is -2.25. The fourth-order valence-electron chi connectivity index (χ4n) is 3.44. The molecule has 0 bridgehead atoms. The summed E-state index contributed by atoms with van der Waals surface area (Å²) in [5.41, 5.74) is 2.06. The molecule has 7 nitrogen and oxygen atoms in total. The van der Waals surface area contributed by atoms with Crippen LogP contribution in [0.3, 0.4) is 0 Å². The van der Waals surface area contributed by atoms with Crippen LogP contribution in [0.4, 0.5) is 0 Å². The van der Waals surface area contributed by atoms with Crippen molar-refractivity contribution in [3.05, 3.63) is 59.9 Å². The SMILES string of the molecule is CCOC(=O)C(C(=O)OCC)C(c1ccccc1)c1c[nH]c2nccc(OP)c12. The van der Waals surface area contributed by atoms with Gasteiger partial charge in [-0.1, -0.05) is 30.3 Å². The number of nitrogens with zero attached hydrogens (tertiary/aromatic N) is 1. The van der Waals surface area contributed by atoms with Crippen LogP contribution in [0.25, 0.3) is 11.0 Å². The zero-order chi connectivity index (χ0) is 20.8. The van der Waals surface area contributed by atoms with Gasteiger partial charge in [0, 0.05) is 18.3 Å². The first-order chi connectivity index (χ1) is 14.1. The summed E-state index contributed by atoms with van der Waals surface area (Å²) in [5.74, 6) is -2.53. The van der Waals surface area contributed by atoms with Gasteiger partial charge >= 0.3 is 11.9 Å². The van der Waals surface area contributed by atoms with Crippen molar-refractivity contribution in [2.24, 2.45) is 5.92 Å². The molecule has 152 valence electrons. The summed E-state index contributed by atoms with van der Waals surface area (Å²) in [5, 5.41) is 0.690. The molecule has 2 unspecified atom stereocenters. The molecule has 0 spiro atoms. The average Bonchev–Trinajstić information content (AvgIpc) is 3.16. The fourth-order valence-corrected chi connectivity index (χ4v) is 3.64. The zero-order valence-corrected chi connectivity index (χ0v) is 17.4. The number of aromatic nitrogens is 2. The van der Waals surface area contributed by atoms with Crippen molar-refractivity contribution in [3.8, 4) is 5.75 Å². The zero-order valence-electron chi connectivity index (χ0n) is 16.3. The number of aromatic amines is 1. The first-order valence-electron chi connectivity index (χ1n) is 9.33. The molecule has 0 aliphatic heterocycles. The second-order valence-corrected chi connectivity index (χ2v) is 6.50. The van der Waals surface area contributed by atoms with E-state index in [4.69, 9.17) is 14.0 Å². The van der Waals surface area contributed by atoms with Gasteiger partial charge in [-0.15, -0.1) is 0 Å². The Bertz CT molecular complexity index is 971. The van der Waals surface area contributed by atoms with Crippen LogP contribution < -0.4 is 4.52 Å². The summed E-state index contributed by atoms with van der Waals surface area (Å²) < 4.78 is 15.9. The second kappa shape index (κ2) is 9.52. The molecule has 1 aromatic carbocycles. The van der Waals surface area contributed by atoms with Crippen LogP contribution in [0.5, 0.6) is 5.75 Å². The number of nitrogens with one attached hydrogen (secondary N) is 1. The van der Waals surface area contributed by atoms with Gasteiger partial charge in [0.05, 0.1) is 28.1 Å². The van der Waals surface area contributed by atoms with Crippen molar-refractivity contribution < 1.29 is 23.6 Å². The summed E-state index contributed by atoms with van der Waals surface area (Å²) in [4.78, 5) is 33.2. The molecule has 0 saturated heterocycles. The number of ether oxygens (including phenoxy) is 2. The minimum absolute atomic E-state index is 0.158. The Labute approximate surface area is 171 Å². The minimum Gasteiger partial charge on any atom is -0.480 e. The van der Waals surface area contributed by atoms with E-state index < -0.39 is 23.8 Å². The van der Waals surface area contributed by atoms with Gasteiger partial charge in [0.2, 0.25) is 0 Å². The molecule has 2 aromatic heterocycles.